The molecule has 3 unspecified atom stereocenters. The number of nitrogens with zero attached hydrogens (tertiary/aromatic N) is 3. The number of nitrogens with one attached hydrogen (secondary N) is 1. The van der Waals surface area contributed by atoms with Gasteiger partial charge in [0.05, 0.1) is 11.5 Å². The molecule has 3 atom stereocenters. The number of hydrogen-bond acceptors (Lipinski definition) is 4. The van der Waals surface area contributed by atoms with Crippen LogP contribution in [0.5, 0.6) is 0 Å². The number of fused-ring (bicyclic) bond motifs is 1. The molecule has 1 N–H and O–H groups in total. The summed E-state index contributed by atoms with van der Waals surface area (Å²) in [4.78, 5) is 9.97. The minimum atomic E-state index is -2.84. The lowest BCUT2D eigenvalue weighted by molar-refractivity contribution is 0.0372. The first-order valence-electron chi connectivity index (χ1n) is 11.6. The Morgan fingerprint density at radius 3 is 2.73 bits per heavy atom. The molecule has 0 aromatic heterocycles. The van der Waals surface area contributed by atoms with Crippen LogP contribution in [-0.4, -0.2) is 74.4 Å². The number of piperidine rings is 2. The standard InChI is InChI=1S/C23H36N4O2S/c1-2-24-23(25-15-20-11-14-30(28,29)18-20)27-13-10-22-21(17-27)9-6-12-26(22)16-19-7-4-3-5-8-19/h3-5,7-8,20-22H,2,6,9-18H2,1H3,(H,24,25). The third-order valence-electron chi connectivity index (χ3n) is 6.87. The first-order chi connectivity index (χ1) is 14.5. The monoisotopic (exact) mass is 432 g/mol. The third kappa shape index (κ3) is 5.35. The molecule has 3 fully saturated rings. The van der Waals surface area contributed by atoms with Crippen molar-refractivity contribution in [3.8, 4) is 0 Å². The van der Waals surface area contributed by atoms with Gasteiger partial charge < -0.3 is 10.2 Å². The summed E-state index contributed by atoms with van der Waals surface area (Å²) in [6.07, 6.45) is 4.46. The first kappa shape index (κ1) is 21.6. The summed E-state index contributed by atoms with van der Waals surface area (Å²) in [5.74, 6) is 2.45. The van der Waals surface area contributed by atoms with Crippen molar-refractivity contribution in [3.63, 3.8) is 0 Å². The number of benzene rings is 1. The quantitative estimate of drug-likeness (QED) is 0.572. The Kier molecular flexibility index (Phi) is 6.98. The van der Waals surface area contributed by atoms with E-state index in [-0.39, 0.29) is 5.92 Å². The van der Waals surface area contributed by atoms with E-state index in [1.165, 1.54) is 31.4 Å². The summed E-state index contributed by atoms with van der Waals surface area (Å²) in [7, 11) is -2.84. The Labute approximate surface area is 181 Å². The molecular formula is C23H36N4O2S. The molecule has 166 valence electrons. The van der Waals surface area contributed by atoms with Gasteiger partial charge in [-0.05, 0) is 56.6 Å². The summed E-state index contributed by atoms with van der Waals surface area (Å²) in [6, 6.07) is 11.5. The van der Waals surface area contributed by atoms with Crippen LogP contribution in [0.4, 0.5) is 0 Å². The van der Waals surface area contributed by atoms with Crippen LogP contribution < -0.4 is 5.32 Å². The highest BCUT2D eigenvalue weighted by Gasteiger charge is 2.37. The lowest BCUT2D eigenvalue weighted by Gasteiger charge is -2.48. The van der Waals surface area contributed by atoms with E-state index >= 15 is 0 Å². The predicted octanol–water partition coefficient (Wildman–Crippen LogP) is 2.37. The molecule has 30 heavy (non-hydrogen) atoms. The SMILES string of the molecule is CCNC(=NCC1CCS(=O)(=O)C1)N1CCC2C(CCCN2Cc2ccccc2)C1. The minimum Gasteiger partial charge on any atom is -0.357 e. The van der Waals surface area contributed by atoms with Crippen LogP contribution in [0.3, 0.4) is 0 Å². The molecule has 0 saturated carbocycles. The summed E-state index contributed by atoms with van der Waals surface area (Å²) in [5.41, 5.74) is 1.40. The maximum absolute atomic E-state index is 11.8. The Morgan fingerprint density at radius 1 is 1.17 bits per heavy atom. The van der Waals surface area contributed by atoms with Crippen LogP contribution in [0.2, 0.25) is 0 Å². The average Bonchev–Trinajstić information content (AvgIpc) is 3.10. The van der Waals surface area contributed by atoms with Crippen molar-refractivity contribution in [3.05, 3.63) is 35.9 Å². The maximum atomic E-state index is 11.8. The van der Waals surface area contributed by atoms with Crippen molar-refractivity contribution in [2.24, 2.45) is 16.8 Å². The number of likely N-dealkylation sites (tertiary alicyclic amines) is 2. The average molecular weight is 433 g/mol. The normalized spacial score (nSPS) is 29.6. The minimum absolute atomic E-state index is 0.178. The van der Waals surface area contributed by atoms with Gasteiger partial charge in [0.15, 0.2) is 15.8 Å². The second-order valence-electron chi connectivity index (χ2n) is 9.12. The summed E-state index contributed by atoms with van der Waals surface area (Å²) < 4.78 is 23.5. The van der Waals surface area contributed by atoms with Crippen LogP contribution in [0.15, 0.2) is 35.3 Å². The number of sulfone groups is 1. The van der Waals surface area contributed by atoms with Crippen molar-refractivity contribution in [2.45, 2.75) is 45.2 Å². The summed E-state index contributed by atoms with van der Waals surface area (Å²) in [5, 5.41) is 3.46. The third-order valence-corrected chi connectivity index (χ3v) is 8.71. The van der Waals surface area contributed by atoms with Gasteiger partial charge in [0.25, 0.3) is 0 Å². The van der Waals surface area contributed by atoms with E-state index in [1.807, 2.05) is 0 Å². The molecule has 1 aromatic carbocycles. The van der Waals surface area contributed by atoms with Gasteiger partial charge in [-0.15, -0.1) is 0 Å². The van der Waals surface area contributed by atoms with Gasteiger partial charge in [-0.25, -0.2) is 8.42 Å². The molecule has 7 heteroatoms. The molecule has 3 aliphatic rings. The molecular weight excluding hydrogens is 396 g/mol. The van der Waals surface area contributed by atoms with Crippen molar-refractivity contribution in [2.75, 3.05) is 44.2 Å². The fraction of sp³-hybridized carbons (Fsp3) is 0.696. The Hall–Kier alpha value is -1.60. The van der Waals surface area contributed by atoms with E-state index in [1.54, 1.807) is 0 Å². The number of guanidine groups is 1. The lowest BCUT2D eigenvalue weighted by Crippen LogP contribution is -2.56. The van der Waals surface area contributed by atoms with Crippen molar-refractivity contribution in [1.29, 1.82) is 0 Å². The molecule has 0 aliphatic carbocycles. The van der Waals surface area contributed by atoms with Crippen molar-refractivity contribution >= 4 is 15.8 Å². The van der Waals surface area contributed by atoms with Crippen molar-refractivity contribution in [1.82, 2.24) is 15.1 Å². The fourth-order valence-electron chi connectivity index (χ4n) is 5.37. The summed E-state index contributed by atoms with van der Waals surface area (Å²) >= 11 is 0. The lowest BCUT2D eigenvalue weighted by atomic mass is 9.83. The molecule has 3 saturated heterocycles. The van der Waals surface area contributed by atoms with E-state index in [2.05, 4.69) is 52.4 Å². The van der Waals surface area contributed by atoms with Crippen molar-refractivity contribution < 1.29 is 8.42 Å². The highest BCUT2D eigenvalue weighted by Crippen LogP contribution is 2.31. The number of rotatable bonds is 5. The predicted molar refractivity (Wildman–Crippen MR) is 122 cm³/mol. The smallest absolute Gasteiger partial charge is 0.193 e. The van der Waals surface area contributed by atoms with Crippen LogP contribution in [-0.2, 0) is 16.4 Å². The maximum Gasteiger partial charge on any atom is 0.193 e. The fourth-order valence-corrected chi connectivity index (χ4v) is 7.22. The Balaban J connectivity index is 1.38. The van der Waals surface area contributed by atoms with Gasteiger partial charge in [-0.2, -0.15) is 0 Å². The van der Waals surface area contributed by atoms with Crippen LogP contribution >= 0.6 is 0 Å². The Bertz CT molecular complexity index is 827. The van der Waals surface area contributed by atoms with Gasteiger partial charge in [0, 0.05) is 38.8 Å². The van der Waals surface area contributed by atoms with Crippen LogP contribution in [0.25, 0.3) is 0 Å². The van der Waals surface area contributed by atoms with E-state index in [4.69, 9.17) is 4.99 Å². The zero-order valence-corrected chi connectivity index (χ0v) is 19.0. The van der Waals surface area contributed by atoms with E-state index < -0.39 is 9.84 Å². The first-order valence-corrected chi connectivity index (χ1v) is 13.4. The van der Waals surface area contributed by atoms with Crippen LogP contribution in [0, 0.1) is 11.8 Å². The van der Waals surface area contributed by atoms with Gasteiger partial charge in [0.2, 0.25) is 0 Å². The van der Waals surface area contributed by atoms with E-state index in [9.17, 15) is 8.42 Å². The van der Waals surface area contributed by atoms with Gasteiger partial charge >= 0.3 is 0 Å². The highest BCUT2D eigenvalue weighted by molar-refractivity contribution is 7.91. The van der Waals surface area contributed by atoms with Gasteiger partial charge in [0.1, 0.15) is 0 Å². The molecule has 3 aliphatic heterocycles. The van der Waals surface area contributed by atoms with E-state index in [0.717, 1.165) is 38.6 Å². The van der Waals surface area contributed by atoms with E-state index in [0.29, 0.717) is 30.0 Å². The molecule has 0 bridgehead atoms. The molecule has 3 heterocycles. The highest BCUT2D eigenvalue weighted by atomic mass is 32.2. The molecule has 1 aromatic rings. The van der Waals surface area contributed by atoms with Crippen LogP contribution in [0.1, 0.15) is 38.2 Å². The molecule has 6 nitrogen and oxygen atoms in total. The number of aliphatic imine (C=N–C) groups is 1. The molecule has 0 spiro atoms. The Morgan fingerprint density at radius 2 is 2.00 bits per heavy atom. The molecule has 0 radical (unpaired) electrons. The second kappa shape index (κ2) is 9.69. The molecule has 0 amide bonds. The van der Waals surface area contributed by atoms with Gasteiger partial charge in [-0.3, -0.25) is 9.89 Å². The number of hydrogen-bond donors (Lipinski definition) is 1. The van der Waals surface area contributed by atoms with Gasteiger partial charge in [-0.1, -0.05) is 30.3 Å². The largest absolute Gasteiger partial charge is 0.357 e. The second-order valence-corrected chi connectivity index (χ2v) is 11.4. The molecule has 4 rings (SSSR count). The summed E-state index contributed by atoms with van der Waals surface area (Å²) in [6.45, 7) is 7.86. The topological polar surface area (TPSA) is 65.0 Å². The zero-order chi connectivity index (χ0) is 21.0. The zero-order valence-electron chi connectivity index (χ0n) is 18.2.